The Kier molecular flexibility index (Phi) is 5.82. The molecule has 5 rings (SSSR count). The summed E-state index contributed by atoms with van der Waals surface area (Å²) < 4.78 is 8.10. The molecule has 0 spiro atoms. The summed E-state index contributed by atoms with van der Waals surface area (Å²) >= 11 is 5.00. The van der Waals surface area contributed by atoms with E-state index in [9.17, 15) is 14.4 Å². The Morgan fingerprint density at radius 2 is 1.88 bits per heavy atom. The minimum Gasteiger partial charge on any atom is -0.457 e. The molecular weight excluding hydrogens is 506 g/mol. The van der Waals surface area contributed by atoms with Gasteiger partial charge in [-0.3, -0.25) is 19.0 Å². The summed E-state index contributed by atoms with van der Waals surface area (Å²) in [5.74, 6) is 1.55. The summed E-state index contributed by atoms with van der Waals surface area (Å²) in [6.45, 7) is 0. The Labute approximate surface area is 200 Å². The van der Waals surface area contributed by atoms with Crippen LogP contribution in [-0.2, 0) is 4.79 Å². The van der Waals surface area contributed by atoms with Crippen molar-refractivity contribution in [1.82, 2.24) is 9.55 Å². The number of aromatic nitrogens is 2. The molecule has 4 aromatic rings. The highest BCUT2D eigenvalue weighted by atomic mass is 79.9. The monoisotopic (exact) mass is 523 g/mol. The fourth-order valence-corrected chi connectivity index (χ4v) is 5.67. The highest BCUT2D eigenvalue weighted by molar-refractivity contribution is 9.10. The molecule has 3 aromatic carbocycles. The van der Waals surface area contributed by atoms with Gasteiger partial charge >= 0.3 is 11.1 Å². The van der Waals surface area contributed by atoms with E-state index in [-0.39, 0.29) is 12.3 Å². The van der Waals surface area contributed by atoms with E-state index in [4.69, 9.17) is 4.74 Å². The third kappa shape index (κ3) is 4.46. The zero-order chi connectivity index (χ0) is 22.9. The van der Waals surface area contributed by atoms with Crippen molar-refractivity contribution in [1.29, 1.82) is 0 Å². The van der Waals surface area contributed by atoms with Crippen molar-refractivity contribution in [3.05, 3.63) is 91.9 Å². The molecule has 1 atom stereocenters. The second-order valence-corrected chi connectivity index (χ2v) is 9.57. The van der Waals surface area contributed by atoms with E-state index in [1.54, 1.807) is 36.0 Å². The number of halogens is 1. The Bertz CT molecular complexity index is 1480. The molecule has 1 amide bonds. The van der Waals surface area contributed by atoms with Crippen molar-refractivity contribution < 1.29 is 9.53 Å². The lowest BCUT2D eigenvalue weighted by Crippen LogP contribution is -2.41. The van der Waals surface area contributed by atoms with Gasteiger partial charge in [0.1, 0.15) is 11.5 Å². The molecule has 0 saturated heterocycles. The first kappa shape index (κ1) is 21.5. The van der Waals surface area contributed by atoms with E-state index in [0.29, 0.717) is 34.0 Å². The van der Waals surface area contributed by atoms with Crippen molar-refractivity contribution in [2.45, 2.75) is 17.4 Å². The fraction of sp³-hybridized carbons (Fsp3) is 0.125. The molecular formula is C24H18BrN3O4S. The Hall–Kier alpha value is -3.30. The van der Waals surface area contributed by atoms with Crippen LogP contribution in [0.3, 0.4) is 0 Å². The van der Waals surface area contributed by atoms with Gasteiger partial charge in [-0.25, -0.2) is 0 Å². The number of carbonyl (C=O) groups is 1. The van der Waals surface area contributed by atoms with Crippen LogP contribution >= 0.6 is 27.7 Å². The highest BCUT2D eigenvalue weighted by Gasteiger charge is 2.27. The zero-order valence-corrected chi connectivity index (χ0v) is 19.6. The number of H-pyrrole nitrogens is 1. The number of benzene rings is 3. The number of rotatable bonds is 5. The Morgan fingerprint density at radius 1 is 1.09 bits per heavy atom. The van der Waals surface area contributed by atoms with E-state index in [0.717, 1.165) is 9.37 Å². The lowest BCUT2D eigenvalue weighted by molar-refractivity contribution is -0.116. The van der Waals surface area contributed by atoms with Gasteiger partial charge in [0, 0.05) is 33.3 Å². The Morgan fingerprint density at radius 3 is 2.70 bits per heavy atom. The number of thioether (sulfide) groups is 1. The molecule has 1 aliphatic rings. The minimum absolute atomic E-state index is 0.0603. The van der Waals surface area contributed by atoms with Gasteiger partial charge < -0.3 is 15.0 Å². The SMILES string of the molecule is O=C(CC1CSc2cc(Br)cc3[nH]c(=O)c(=O)n1c23)Nc1cccc(Oc2ccccc2)c1. The summed E-state index contributed by atoms with van der Waals surface area (Å²) in [6, 6.07) is 19.7. The van der Waals surface area contributed by atoms with Crippen LogP contribution in [0.15, 0.2) is 85.7 Å². The molecule has 0 fully saturated rings. The molecule has 2 N–H and O–H groups in total. The van der Waals surface area contributed by atoms with Gasteiger partial charge in [-0.2, -0.15) is 0 Å². The van der Waals surface area contributed by atoms with Crippen molar-refractivity contribution in [2.75, 3.05) is 11.1 Å². The second kappa shape index (κ2) is 8.92. The molecule has 0 aliphatic carbocycles. The third-order valence-corrected chi connectivity index (χ3v) is 6.89. The van der Waals surface area contributed by atoms with Crippen molar-refractivity contribution in [2.24, 2.45) is 0 Å². The van der Waals surface area contributed by atoms with Crippen LogP contribution in [0.2, 0.25) is 0 Å². The number of amides is 1. The van der Waals surface area contributed by atoms with Gasteiger partial charge in [0.05, 0.1) is 17.1 Å². The maximum Gasteiger partial charge on any atom is 0.317 e. The van der Waals surface area contributed by atoms with Crippen LogP contribution in [0.1, 0.15) is 12.5 Å². The van der Waals surface area contributed by atoms with Crippen molar-refractivity contribution in [3.63, 3.8) is 0 Å². The summed E-state index contributed by atoms with van der Waals surface area (Å²) in [6.07, 6.45) is 0.0603. The highest BCUT2D eigenvalue weighted by Crippen LogP contribution is 2.38. The van der Waals surface area contributed by atoms with Crippen molar-refractivity contribution >= 4 is 50.3 Å². The van der Waals surface area contributed by atoms with Gasteiger partial charge in [-0.1, -0.05) is 40.2 Å². The predicted octanol–water partition coefficient (Wildman–Crippen LogP) is 4.92. The first-order valence-electron chi connectivity index (χ1n) is 10.2. The third-order valence-electron chi connectivity index (χ3n) is 5.26. The largest absolute Gasteiger partial charge is 0.457 e. The van der Waals surface area contributed by atoms with Gasteiger partial charge in [0.2, 0.25) is 5.91 Å². The van der Waals surface area contributed by atoms with E-state index >= 15 is 0 Å². The average Bonchev–Trinajstić information content (AvgIpc) is 2.79. The number of anilines is 1. The molecule has 166 valence electrons. The molecule has 7 nitrogen and oxygen atoms in total. The van der Waals surface area contributed by atoms with Crippen LogP contribution in [0, 0.1) is 0 Å². The minimum atomic E-state index is -0.699. The number of para-hydroxylation sites is 1. The van der Waals surface area contributed by atoms with E-state index in [1.165, 1.54) is 4.57 Å². The molecule has 33 heavy (non-hydrogen) atoms. The molecule has 0 radical (unpaired) electrons. The maximum atomic E-state index is 12.9. The zero-order valence-electron chi connectivity index (χ0n) is 17.2. The van der Waals surface area contributed by atoms with Crippen LogP contribution in [-0.4, -0.2) is 21.2 Å². The van der Waals surface area contributed by atoms with Crippen LogP contribution in [0.4, 0.5) is 5.69 Å². The number of hydrogen-bond donors (Lipinski definition) is 2. The molecule has 0 saturated carbocycles. The molecule has 1 aliphatic heterocycles. The van der Waals surface area contributed by atoms with Crippen molar-refractivity contribution in [3.8, 4) is 11.5 Å². The number of nitrogens with zero attached hydrogens (tertiary/aromatic N) is 1. The lowest BCUT2D eigenvalue weighted by atomic mass is 10.1. The van der Waals surface area contributed by atoms with Crippen LogP contribution in [0.25, 0.3) is 11.0 Å². The van der Waals surface area contributed by atoms with Gasteiger partial charge in [0.25, 0.3) is 0 Å². The lowest BCUT2D eigenvalue weighted by Gasteiger charge is -2.26. The normalized spacial score (nSPS) is 14.8. The number of hydrogen-bond acceptors (Lipinski definition) is 5. The second-order valence-electron chi connectivity index (χ2n) is 7.59. The number of aromatic amines is 1. The number of carbonyl (C=O) groups excluding carboxylic acids is 1. The molecule has 9 heteroatoms. The van der Waals surface area contributed by atoms with Gasteiger partial charge in [-0.05, 0) is 36.4 Å². The topological polar surface area (TPSA) is 93.2 Å². The number of ether oxygens (including phenoxy) is 1. The average molecular weight is 524 g/mol. The summed E-state index contributed by atoms with van der Waals surface area (Å²) in [5.41, 5.74) is 0.448. The summed E-state index contributed by atoms with van der Waals surface area (Å²) in [4.78, 5) is 41.3. The molecule has 1 unspecified atom stereocenters. The van der Waals surface area contributed by atoms with E-state index < -0.39 is 17.2 Å². The van der Waals surface area contributed by atoms with Crippen LogP contribution in [0.5, 0.6) is 11.5 Å². The van der Waals surface area contributed by atoms with E-state index in [1.807, 2.05) is 42.5 Å². The maximum absolute atomic E-state index is 12.9. The van der Waals surface area contributed by atoms with Gasteiger partial charge in [-0.15, -0.1) is 11.8 Å². The smallest absolute Gasteiger partial charge is 0.317 e. The molecule has 1 aromatic heterocycles. The quantitative estimate of drug-likeness (QED) is 0.362. The standard InChI is InChI=1S/C24H18BrN3O4S/c25-14-9-19-22-20(10-14)33-13-16(28(22)24(31)23(30)27-19)12-21(29)26-15-5-4-8-18(11-15)32-17-6-2-1-3-7-17/h1-11,16H,12-13H2,(H,26,29)(H,27,30). The Balaban J connectivity index is 1.38. The van der Waals surface area contributed by atoms with Crippen LogP contribution < -0.4 is 21.2 Å². The first-order chi connectivity index (χ1) is 16.0. The molecule has 0 bridgehead atoms. The summed E-state index contributed by atoms with van der Waals surface area (Å²) in [5, 5.41) is 2.88. The first-order valence-corrected chi connectivity index (χ1v) is 12.0. The molecule has 2 heterocycles. The summed E-state index contributed by atoms with van der Waals surface area (Å²) in [7, 11) is 0. The number of nitrogens with one attached hydrogen (secondary N) is 2. The van der Waals surface area contributed by atoms with E-state index in [2.05, 4.69) is 26.2 Å². The fourth-order valence-electron chi connectivity index (χ4n) is 3.86. The van der Waals surface area contributed by atoms with Gasteiger partial charge in [0.15, 0.2) is 0 Å². The predicted molar refractivity (Wildman–Crippen MR) is 132 cm³/mol.